The standard InChI is InChI=1S/C24H23FN4O3/c1-32-21-5-4-14(11-19(21)30)23-20(31)12-22(29-8-6-17(27)7-9-29)28-24(23)15-2-3-16(13-26)18(25)10-15/h2-5,10-12,17,30H,6-9,27H2,1H3,(H,28,31). The molecule has 1 aliphatic rings. The van der Waals surface area contributed by atoms with Crippen LogP contribution in [0.15, 0.2) is 42.5 Å². The lowest BCUT2D eigenvalue weighted by Crippen LogP contribution is -2.40. The highest BCUT2D eigenvalue weighted by Gasteiger charge is 2.23. The van der Waals surface area contributed by atoms with Gasteiger partial charge in [0.15, 0.2) is 11.5 Å². The van der Waals surface area contributed by atoms with Crippen molar-refractivity contribution in [2.45, 2.75) is 18.9 Å². The number of aromatic nitrogens is 1. The van der Waals surface area contributed by atoms with E-state index in [0.717, 1.165) is 12.8 Å². The number of methoxy groups -OCH3 is 1. The Hall–Kier alpha value is -3.83. The Morgan fingerprint density at radius 3 is 2.44 bits per heavy atom. The van der Waals surface area contributed by atoms with Crippen LogP contribution in [0.4, 0.5) is 10.2 Å². The Morgan fingerprint density at radius 2 is 1.81 bits per heavy atom. The maximum absolute atomic E-state index is 14.4. The Balaban J connectivity index is 1.89. The molecule has 0 radical (unpaired) electrons. The second kappa shape index (κ2) is 8.73. The molecule has 164 valence electrons. The van der Waals surface area contributed by atoms with Crippen molar-refractivity contribution in [3.63, 3.8) is 0 Å². The molecule has 2 heterocycles. The normalized spacial score (nSPS) is 14.2. The molecule has 0 atom stereocenters. The Labute approximate surface area is 185 Å². The van der Waals surface area contributed by atoms with Crippen LogP contribution in [-0.2, 0) is 0 Å². The molecule has 1 aliphatic heterocycles. The first-order valence-electron chi connectivity index (χ1n) is 10.2. The van der Waals surface area contributed by atoms with Crippen molar-refractivity contribution in [2.24, 2.45) is 5.73 Å². The van der Waals surface area contributed by atoms with Crippen molar-refractivity contribution < 1.29 is 19.3 Å². The molecule has 0 amide bonds. The minimum Gasteiger partial charge on any atom is -0.507 e. The lowest BCUT2D eigenvalue weighted by atomic mass is 9.96. The van der Waals surface area contributed by atoms with Gasteiger partial charge in [-0.25, -0.2) is 9.37 Å². The van der Waals surface area contributed by atoms with E-state index >= 15 is 0 Å². The lowest BCUT2D eigenvalue weighted by molar-refractivity contribution is 0.373. The van der Waals surface area contributed by atoms with E-state index in [0.29, 0.717) is 41.3 Å². The lowest BCUT2D eigenvalue weighted by Gasteiger charge is -2.31. The van der Waals surface area contributed by atoms with Crippen molar-refractivity contribution in [3.8, 4) is 45.7 Å². The molecule has 1 saturated heterocycles. The van der Waals surface area contributed by atoms with Gasteiger partial charge in [0, 0.05) is 30.8 Å². The summed E-state index contributed by atoms with van der Waals surface area (Å²) in [6.07, 6.45) is 1.61. The number of anilines is 1. The van der Waals surface area contributed by atoms with Crippen molar-refractivity contribution in [1.29, 1.82) is 5.26 Å². The van der Waals surface area contributed by atoms with E-state index in [1.165, 1.54) is 25.3 Å². The highest BCUT2D eigenvalue weighted by Crippen LogP contribution is 2.42. The topological polar surface area (TPSA) is 116 Å². The summed E-state index contributed by atoms with van der Waals surface area (Å²) in [7, 11) is 1.44. The van der Waals surface area contributed by atoms with E-state index in [4.69, 9.17) is 20.7 Å². The van der Waals surface area contributed by atoms with Crippen molar-refractivity contribution in [3.05, 3.63) is 53.8 Å². The summed E-state index contributed by atoms with van der Waals surface area (Å²) in [5.41, 5.74) is 7.49. The van der Waals surface area contributed by atoms with Crippen LogP contribution in [0.2, 0.25) is 0 Å². The number of ether oxygens (including phenoxy) is 1. The minimum atomic E-state index is -0.677. The van der Waals surface area contributed by atoms with Crippen LogP contribution >= 0.6 is 0 Å². The molecular formula is C24H23FN4O3. The molecule has 4 rings (SSSR count). The molecule has 1 aromatic heterocycles. The van der Waals surface area contributed by atoms with Crippen molar-refractivity contribution >= 4 is 5.82 Å². The van der Waals surface area contributed by atoms with Crippen LogP contribution in [0.25, 0.3) is 22.4 Å². The fourth-order valence-corrected chi connectivity index (χ4v) is 3.90. The molecule has 3 aromatic rings. The molecule has 8 heteroatoms. The molecule has 32 heavy (non-hydrogen) atoms. The highest BCUT2D eigenvalue weighted by atomic mass is 19.1. The zero-order chi connectivity index (χ0) is 22.8. The first-order valence-corrected chi connectivity index (χ1v) is 10.2. The van der Waals surface area contributed by atoms with Crippen LogP contribution in [0.1, 0.15) is 18.4 Å². The van der Waals surface area contributed by atoms with Crippen LogP contribution < -0.4 is 15.4 Å². The predicted octanol–water partition coefficient (Wildman–Crippen LogP) is 3.77. The molecule has 0 saturated carbocycles. The SMILES string of the molecule is COc1ccc(-c2c(O)cc(N3CCC(N)CC3)nc2-c2ccc(C#N)c(F)c2)cc1O. The number of phenols is 1. The number of hydrogen-bond acceptors (Lipinski definition) is 7. The van der Waals surface area contributed by atoms with Crippen molar-refractivity contribution in [1.82, 2.24) is 4.98 Å². The average molecular weight is 434 g/mol. The molecule has 0 unspecified atom stereocenters. The number of nitrogens with zero attached hydrogens (tertiary/aromatic N) is 3. The third kappa shape index (κ3) is 4.03. The number of pyridine rings is 1. The van der Waals surface area contributed by atoms with Gasteiger partial charge < -0.3 is 25.6 Å². The van der Waals surface area contributed by atoms with Gasteiger partial charge in [-0.3, -0.25) is 0 Å². The summed E-state index contributed by atoms with van der Waals surface area (Å²) in [5.74, 6) is -0.00192. The summed E-state index contributed by atoms with van der Waals surface area (Å²) in [5, 5.41) is 30.3. The second-order valence-corrected chi connectivity index (χ2v) is 7.74. The Bertz CT molecular complexity index is 1200. The van der Waals surface area contributed by atoms with E-state index in [9.17, 15) is 14.6 Å². The van der Waals surface area contributed by atoms with Gasteiger partial charge >= 0.3 is 0 Å². The molecule has 4 N–H and O–H groups in total. The molecule has 1 fully saturated rings. The molecule has 7 nitrogen and oxygen atoms in total. The number of halogens is 1. The van der Waals surface area contributed by atoms with Crippen LogP contribution in [0.5, 0.6) is 17.2 Å². The van der Waals surface area contributed by atoms with Gasteiger partial charge in [0.05, 0.1) is 23.9 Å². The van der Waals surface area contributed by atoms with Crippen LogP contribution in [0.3, 0.4) is 0 Å². The molecule has 2 aromatic carbocycles. The first-order chi connectivity index (χ1) is 15.4. The Morgan fingerprint density at radius 1 is 1.09 bits per heavy atom. The van der Waals surface area contributed by atoms with E-state index in [-0.39, 0.29) is 28.9 Å². The summed E-state index contributed by atoms with van der Waals surface area (Å²) in [6, 6.07) is 12.4. The van der Waals surface area contributed by atoms with Crippen LogP contribution in [-0.4, -0.2) is 41.4 Å². The zero-order valence-corrected chi connectivity index (χ0v) is 17.5. The van der Waals surface area contributed by atoms with Gasteiger partial charge in [-0.05, 0) is 42.7 Å². The van der Waals surface area contributed by atoms with E-state index in [1.54, 1.807) is 24.3 Å². The van der Waals surface area contributed by atoms with Gasteiger partial charge in [-0.2, -0.15) is 5.26 Å². The van der Waals surface area contributed by atoms with Gasteiger partial charge in [-0.1, -0.05) is 12.1 Å². The summed E-state index contributed by atoms with van der Waals surface area (Å²) in [4.78, 5) is 6.79. The fraction of sp³-hybridized carbons (Fsp3) is 0.250. The number of phenolic OH excluding ortho intramolecular Hbond substituents is 1. The number of rotatable bonds is 4. The van der Waals surface area contributed by atoms with Gasteiger partial charge in [0.25, 0.3) is 0 Å². The summed E-state index contributed by atoms with van der Waals surface area (Å²) < 4.78 is 19.5. The molecule has 0 spiro atoms. The first kappa shape index (κ1) is 21.4. The maximum Gasteiger partial charge on any atom is 0.160 e. The van der Waals surface area contributed by atoms with Gasteiger partial charge in [0.2, 0.25) is 0 Å². The van der Waals surface area contributed by atoms with Crippen molar-refractivity contribution in [2.75, 3.05) is 25.1 Å². The van der Waals surface area contributed by atoms with Crippen LogP contribution in [0, 0.1) is 17.1 Å². The smallest absolute Gasteiger partial charge is 0.160 e. The number of hydrogen-bond donors (Lipinski definition) is 3. The monoisotopic (exact) mass is 434 g/mol. The number of nitriles is 1. The number of aromatic hydroxyl groups is 2. The zero-order valence-electron chi connectivity index (χ0n) is 17.5. The average Bonchev–Trinajstić information content (AvgIpc) is 2.79. The molecule has 0 bridgehead atoms. The number of piperidine rings is 1. The van der Waals surface area contributed by atoms with Gasteiger partial charge in [0.1, 0.15) is 23.5 Å². The van der Waals surface area contributed by atoms with Gasteiger partial charge in [-0.15, -0.1) is 0 Å². The molecule has 0 aliphatic carbocycles. The second-order valence-electron chi connectivity index (χ2n) is 7.74. The highest BCUT2D eigenvalue weighted by molar-refractivity contribution is 5.87. The Kier molecular flexibility index (Phi) is 5.84. The third-order valence-electron chi connectivity index (χ3n) is 5.68. The maximum atomic E-state index is 14.4. The summed E-state index contributed by atoms with van der Waals surface area (Å²) >= 11 is 0. The molecular weight excluding hydrogens is 411 g/mol. The largest absolute Gasteiger partial charge is 0.507 e. The quantitative estimate of drug-likeness (QED) is 0.572. The fourth-order valence-electron chi connectivity index (χ4n) is 3.90. The number of nitrogens with two attached hydrogens (primary N) is 1. The summed E-state index contributed by atoms with van der Waals surface area (Å²) in [6.45, 7) is 1.38. The van der Waals surface area contributed by atoms with E-state index in [2.05, 4.69) is 0 Å². The predicted molar refractivity (Wildman–Crippen MR) is 119 cm³/mol. The minimum absolute atomic E-state index is 0.0609. The van der Waals surface area contributed by atoms with E-state index < -0.39 is 5.82 Å². The van der Waals surface area contributed by atoms with E-state index in [1.807, 2.05) is 11.0 Å². The number of benzene rings is 2. The third-order valence-corrected chi connectivity index (χ3v) is 5.68.